The van der Waals surface area contributed by atoms with Gasteiger partial charge in [-0.3, -0.25) is 0 Å². The van der Waals surface area contributed by atoms with Crippen LogP contribution >= 0.6 is 0 Å². The molecule has 0 saturated heterocycles. The monoisotopic (exact) mass is 338 g/mol. The summed E-state index contributed by atoms with van der Waals surface area (Å²) in [6, 6.07) is 13.2. The van der Waals surface area contributed by atoms with E-state index in [1.54, 1.807) is 12.1 Å². The zero-order valence-corrected chi connectivity index (χ0v) is 14.7. The molecule has 0 amide bonds. The lowest BCUT2D eigenvalue weighted by Gasteiger charge is -2.16. The molecule has 0 fully saturated rings. The van der Waals surface area contributed by atoms with E-state index in [2.05, 4.69) is 23.4 Å². The van der Waals surface area contributed by atoms with Gasteiger partial charge in [0.2, 0.25) is 0 Å². The maximum Gasteiger partial charge on any atom is 0.335 e. The van der Waals surface area contributed by atoms with E-state index in [9.17, 15) is 9.90 Å². The van der Waals surface area contributed by atoms with Crippen LogP contribution in [0.5, 0.6) is 5.75 Å². The number of fused-ring (bicyclic) bond motifs is 1. The molecule has 0 radical (unpaired) electrons. The normalized spacial score (nSPS) is 12.3. The summed E-state index contributed by atoms with van der Waals surface area (Å²) < 4.78 is 8.02. The van der Waals surface area contributed by atoms with Crippen LogP contribution in [-0.2, 0) is 6.61 Å². The Morgan fingerprint density at radius 3 is 2.60 bits per heavy atom. The quantitative estimate of drug-likeness (QED) is 0.714. The minimum atomic E-state index is -0.947. The van der Waals surface area contributed by atoms with Crippen LogP contribution in [0, 0.1) is 6.92 Å². The molecular weight excluding hydrogens is 316 g/mol. The molecule has 5 nitrogen and oxygen atoms in total. The first-order valence-corrected chi connectivity index (χ1v) is 8.43. The molecule has 0 aliphatic carbocycles. The summed E-state index contributed by atoms with van der Waals surface area (Å²) >= 11 is 0. The Hall–Kier alpha value is -2.82. The average molecular weight is 338 g/mol. The van der Waals surface area contributed by atoms with Crippen LogP contribution in [0.1, 0.15) is 48.1 Å². The fourth-order valence-corrected chi connectivity index (χ4v) is 2.84. The van der Waals surface area contributed by atoms with Crippen molar-refractivity contribution in [2.75, 3.05) is 0 Å². The number of carbonyl (C=O) groups is 1. The van der Waals surface area contributed by atoms with E-state index in [0.29, 0.717) is 12.1 Å². The molecule has 2 aromatic carbocycles. The first kappa shape index (κ1) is 17.0. The fourth-order valence-electron chi connectivity index (χ4n) is 2.84. The van der Waals surface area contributed by atoms with Crippen LogP contribution in [0.2, 0.25) is 0 Å². The van der Waals surface area contributed by atoms with Crippen molar-refractivity contribution < 1.29 is 14.6 Å². The second-order valence-corrected chi connectivity index (χ2v) is 6.27. The van der Waals surface area contributed by atoms with Crippen molar-refractivity contribution in [2.45, 2.75) is 39.8 Å². The molecule has 1 unspecified atom stereocenters. The molecule has 1 atom stereocenters. The zero-order chi connectivity index (χ0) is 18.0. The van der Waals surface area contributed by atoms with Gasteiger partial charge in [-0.2, -0.15) is 0 Å². The van der Waals surface area contributed by atoms with Crippen LogP contribution in [0.25, 0.3) is 11.0 Å². The van der Waals surface area contributed by atoms with Crippen molar-refractivity contribution in [3.05, 3.63) is 59.4 Å². The van der Waals surface area contributed by atoms with E-state index in [0.717, 1.165) is 23.5 Å². The highest BCUT2D eigenvalue weighted by Gasteiger charge is 2.17. The van der Waals surface area contributed by atoms with Crippen LogP contribution in [-0.4, -0.2) is 20.6 Å². The third kappa shape index (κ3) is 3.50. The molecule has 3 aromatic rings. The Balaban J connectivity index is 1.97. The molecule has 3 rings (SSSR count). The highest BCUT2D eigenvalue weighted by molar-refractivity contribution is 5.92. The van der Waals surface area contributed by atoms with Gasteiger partial charge in [0.15, 0.2) is 0 Å². The average Bonchev–Trinajstić information content (AvgIpc) is 2.98. The number of carboxylic acid groups (broad SMARTS) is 1. The molecule has 130 valence electrons. The molecule has 5 heteroatoms. The van der Waals surface area contributed by atoms with Gasteiger partial charge in [0.25, 0.3) is 0 Å². The molecule has 1 heterocycles. The number of aryl methyl sites for hydroxylation is 1. The number of benzene rings is 2. The van der Waals surface area contributed by atoms with Crippen molar-refractivity contribution in [1.29, 1.82) is 0 Å². The number of aromatic carboxylic acids is 1. The Morgan fingerprint density at radius 2 is 1.96 bits per heavy atom. The first-order chi connectivity index (χ1) is 12.0. The number of imidazole rings is 1. The van der Waals surface area contributed by atoms with Crippen LogP contribution in [0.15, 0.2) is 42.5 Å². The molecule has 25 heavy (non-hydrogen) atoms. The zero-order valence-electron chi connectivity index (χ0n) is 14.7. The molecule has 0 aliphatic heterocycles. The third-order valence-electron chi connectivity index (χ3n) is 4.43. The van der Waals surface area contributed by atoms with Gasteiger partial charge in [0.05, 0.1) is 16.6 Å². The van der Waals surface area contributed by atoms with E-state index in [-0.39, 0.29) is 11.6 Å². The first-order valence-electron chi connectivity index (χ1n) is 8.43. The molecular formula is C20H22N2O3. The number of hydrogen-bond acceptors (Lipinski definition) is 3. The second kappa shape index (κ2) is 6.97. The van der Waals surface area contributed by atoms with Crippen LogP contribution in [0.4, 0.5) is 0 Å². The largest absolute Gasteiger partial charge is 0.486 e. The minimum absolute atomic E-state index is 0.243. The van der Waals surface area contributed by atoms with E-state index in [4.69, 9.17) is 4.74 Å². The summed E-state index contributed by atoms with van der Waals surface area (Å²) in [5, 5.41) is 9.19. The number of ether oxygens (including phenoxy) is 1. The fraction of sp³-hybridized carbons (Fsp3) is 0.300. The van der Waals surface area contributed by atoms with Gasteiger partial charge in [-0.25, -0.2) is 9.78 Å². The Bertz CT molecular complexity index is 897. The van der Waals surface area contributed by atoms with Gasteiger partial charge in [0, 0.05) is 6.04 Å². The molecule has 0 aliphatic rings. The predicted molar refractivity (Wildman–Crippen MR) is 97.2 cm³/mol. The number of nitrogens with zero attached hydrogens (tertiary/aromatic N) is 2. The SMILES string of the molecule is CCC(C)n1c(COc2ccc(C)cc2)nc2cc(C(=O)O)ccc21. The Kier molecular flexibility index (Phi) is 4.74. The van der Waals surface area contributed by atoms with Gasteiger partial charge < -0.3 is 14.4 Å². The summed E-state index contributed by atoms with van der Waals surface area (Å²) in [6.45, 7) is 6.62. The number of carboxylic acids is 1. The van der Waals surface area contributed by atoms with E-state index in [1.807, 2.05) is 37.3 Å². The minimum Gasteiger partial charge on any atom is -0.486 e. The maximum absolute atomic E-state index is 11.2. The lowest BCUT2D eigenvalue weighted by Crippen LogP contribution is -2.11. The Labute approximate surface area is 146 Å². The number of hydrogen-bond donors (Lipinski definition) is 1. The molecule has 0 bridgehead atoms. The summed E-state index contributed by atoms with van der Waals surface area (Å²) in [5.74, 6) is 0.643. The summed E-state index contributed by atoms with van der Waals surface area (Å²) in [5.41, 5.74) is 3.04. The van der Waals surface area contributed by atoms with E-state index < -0.39 is 5.97 Å². The van der Waals surface area contributed by atoms with E-state index in [1.165, 1.54) is 5.56 Å². The highest BCUT2D eigenvalue weighted by atomic mass is 16.5. The number of rotatable bonds is 6. The van der Waals surface area contributed by atoms with E-state index >= 15 is 0 Å². The maximum atomic E-state index is 11.2. The molecule has 0 saturated carbocycles. The summed E-state index contributed by atoms with van der Waals surface area (Å²) in [4.78, 5) is 15.8. The van der Waals surface area contributed by atoms with Crippen LogP contribution in [0.3, 0.4) is 0 Å². The lowest BCUT2D eigenvalue weighted by molar-refractivity contribution is 0.0697. The molecule has 1 N–H and O–H groups in total. The van der Waals surface area contributed by atoms with Crippen molar-refractivity contribution in [2.24, 2.45) is 0 Å². The van der Waals surface area contributed by atoms with Gasteiger partial charge in [-0.1, -0.05) is 24.6 Å². The highest BCUT2D eigenvalue weighted by Crippen LogP contribution is 2.25. The van der Waals surface area contributed by atoms with Crippen LogP contribution < -0.4 is 4.74 Å². The molecule has 1 aromatic heterocycles. The smallest absolute Gasteiger partial charge is 0.335 e. The number of aromatic nitrogens is 2. The lowest BCUT2D eigenvalue weighted by atomic mass is 10.2. The van der Waals surface area contributed by atoms with Gasteiger partial charge in [-0.05, 0) is 50.6 Å². The Morgan fingerprint density at radius 1 is 1.24 bits per heavy atom. The van der Waals surface area contributed by atoms with Gasteiger partial charge >= 0.3 is 5.97 Å². The summed E-state index contributed by atoms with van der Waals surface area (Å²) in [6.07, 6.45) is 0.948. The third-order valence-corrected chi connectivity index (χ3v) is 4.43. The second-order valence-electron chi connectivity index (χ2n) is 6.27. The van der Waals surface area contributed by atoms with Gasteiger partial charge in [-0.15, -0.1) is 0 Å². The molecule has 0 spiro atoms. The van der Waals surface area contributed by atoms with Gasteiger partial charge in [0.1, 0.15) is 18.2 Å². The topological polar surface area (TPSA) is 64.4 Å². The van der Waals surface area contributed by atoms with Crippen molar-refractivity contribution in [1.82, 2.24) is 9.55 Å². The predicted octanol–water partition coefficient (Wildman–Crippen LogP) is 4.59. The van der Waals surface area contributed by atoms with Crippen molar-refractivity contribution in [3.63, 3.8) is 0 Å². The summed E-state index contributed by atoms with van der Waals surface area (Å²) in [7, 11) is 0. The van der Waals surface area contributed by atoms with Crippen molar-refractivity contribution in [3.8, 4) is 5.75 Å². The van der Waals surface area contributed by atoms with Crippen molar-refractivity contribution >= 4 is 17.0 Å². The standard InChI is InChI=1S/C20H22N2O3/c1-4-14(3)22-18-10-7-15(20(23)24)11-17(18)21-19(22)12-25-16-8-5-13(2)6-9-16/h5-11,14H,4,12H2,1-3H3,(H,23,24).